The number of nitrogens with zero attached hydrogens (tertiary/aromatic N) is 1. The van der Waals surface area contributed by atoms with E-state index in [0.29, 0.717) is 18.1 Å². The molecule has 2 fully saturated rings. The van der Waals surface area contributed by atoms with Gasteiger partial charge in [0, 0.05) is 24.7 Å². The van der Waals surface area contributed by atoms with Gasteiger partial charge in [-0.15, -0.1) is 0 Å². The van der Waals surface area contributed by atoms with Gasteiger partial charge in [-0.05, 0) is 32.6 Å². The summed E-state index contributed by atoms with van der Waals surface area (Å²) in [6, 6.07) is 1.70. The molecule has 2 saturated heterocycles. The first-order valence-corrected chi connectivity index (χ1v) is 5.38. The SMILES string of the molecule is CC(CN)N1C2CCC1CC(O)C2. The van der Waals surface area contributed by atoms with Crippen LogP contribution in [0.1, 0.15) is 32.6 Å². The minimum atomic E-state index is -0.0567. The van der Waals surface area contributed by atoms with Crippen molar-refractivity contribution < 1.29 is 5.11 Å². The summed E-state index contributed by atoms with van der Waals surface area (Å²) in [6.07, 6.45) is 4.37. The first kappa shape index (κ1) is 9.44. The van der Waals surface area contributed by atoms with Crippen molar-refractivity contribution in [2.75, 3.05) is 6.54 Å². The molecule has 3 heteroatoms. The molecular weight excluding hydrogens is 164 g/mol. The maximum Gasteiger partial charge on any atom is 0.0570 e. The fourth-order valence-corrected chi connectivity index (χ4v) is 3.03. The van der Waals surface area contributed by atoms with Crippen molar-refractivity contribution >= 4 is 0 Å². The Hall–Kier alpha value is -0.120. The summed E-state index contributed by atoms with van der Waals surface area (Å²) in [6.45, 7) is 2.94. The molecule has 13 heavy (non-hydrogen) atoms. The molecular formula is C10H20N2O. The van der Waals surface area contributed by atoms with E-state index in [-0.39, 0.29) is 6.10 Å². The van der Waals surface area contributed by atoms with Crippen LogP contribution in [-0.2, 0) is 0 Å². The highest BCUT2D eigenvalue weighted by Crippen LogP contribution is 2.36. The van der Waals surface area contributed by atoms with Crippen molar-refractivity contribution in [3.63, 3.8) is 0 Å². The minimum Gasteiger partial charge on any atom is -0.393 e. The summed E-state index contributed by atoms with van der Waals surface area (Å²) in [4.78, 5) is 2.53. The van der Waals surface area contributed by atoms with Crippen molar-refractivity contribution in [2.24, 2.45) is 5.73 Å². The standard InChI is InChI=1S/C10H20N2O/c1-7(6-11)12-8-2-3-9(12)5-10(13)4-8/h7-10,13H,2-6,11H2,1H3. The molecule has 0 spiro atoms. The molecule has 3 unspecified atom stereocenters. The topological polar surface area (TPSA) is 49.5 Å². The number of nitrogens with two attached hydrogens (primary N) is 1. The van der Waals surface area contributed by atoms with Gasteiger partial charge in [0.25, 0.3) is 0 Å². The minimum absolute atomic E-state index is 0.0567. The molecule has 2 rings (SSSR count). The predicted octanol–water partition coefficient (Wildman–Crippen LogP) is 0.321. The Bertz CT molecular complexity index is 172. The van der Waals surface area contributed by atoms with Gasteiger partial charge in [-0.3, -0.25) is 4.90 Å². The lowest BCUT2D eigenvalue weighted by molar-refractivity contribution is 0.0165. The number of rotatable bonds is 2. The van der Waals surface area contributed by atoms with Crippen LogP contribution in [0, 0.1) is 0 Å². The van der Waals surface area contributed by atoms with Crippen LogP contribution < -0.4 is 5.73 Å². The number of hydrogen-bond acceptors (Lipinski definition) is 3. The lowest BCUT2D eigenvalue weighted by Crippen LogP contribution is -2.51. The Morgan fingerprint density at radius 1 is 1.38 bits per heavy atom. The van der Waals surface area contributed by atoms with Gasteiger partial charge < -0.3 is 10.8 Å². The van der Waals surface area contributed by atoms with Gasteiger partial charge in [0.05, 0.1) is 6.10 Å². The molecule has 0 aromatic rings. The molecule has 0 radical (unpaired) electrons. The number of fused-ring (bicyclic) bond motifs is 2. The first-order valence-electron chi connectivity index (χ1n) is 5.38. The van der Waals surface area contributed by atoms with Gasteiger partial charge in [-0.2, -0.15) is 0 Å². The van der Waals surface area contributed by atoms with Crippen LogP contribution in [0.15, 0.2) is 0 Å². The maximum atomic E-state index is 9.60. The van der Waals surface area contributed by atoms with Crippen LogP contribution in [0.3, 0.4) is 0 Å². The van der Waals surface area contributed by atoms with E-state index in [1.54, 1.807) is 0 Å². The molecule has 2 bridgehead atoms. The molecule has 2 heterocycles. The Labute approximate surface area is 79.9 Å². The van der Waals surface area contributed by atoms with Crippen molar-refractivity contribution in [1.82, 2.24) is 4.90 Å². The zero-order valence-electron chi connectivity index (χ0n) is 8.32. The van der Waals surface area contributed by atoms with Gasteiger partial charge in [0.15, 0.2) is 0 Å². The van der Waals surface area contributed by atoms with E-state index >= 15 is 0 Å². The summed E-state index contributed by atoms with van der Waals surface area (Å²) in [5.74, 6) is 0. The number of aliphatic hydroxyl groups is 1. The van der Waals surface area contributed by atoms with Crippen LogP contribution in [0.4, 0.5) is 0 Å². The van der Waals surface area contributed by atoms with Crippen LogP contribution in [0.25, 0.3) is 0 Å². The van der Waals surface area contributed by atoms with E-state index in [1.165, 1.54) is 12.8 Å². The first-order chi connectivity index (χ1) is 6.22. The molecule has 0 aromatic carbocycles. The van der Waals surface area contributed by atoms with E-state index < -0.39 is 0 Å². The smallest absolute Gasteiger partial charge is 0.0570 e. The Morgan fingerprint density at radius 3 is 2.38 bits per heavy atom. The average molecular weight is 184 g/mol. The normalized spacial score (nSPS) is 42.2. The number of hydrogen-bond donors (Lipinski definition) is 2. The van der Waals surface area contributed by atoms with E-state index in [2.05, 4.69) is 11.8 Å². The summed E-state index contributed by atoms with van der Waals surface area (Å²) in [5.41, 5.74) is 5.69. The number of aliphatic hydroxyl groups excluding tert-OH is 1. The van der Waals surface area contributed by atoms with Crippen LogP contribution >= 0.6 is 0 Å². The summed E-state index contributed by atoms with van der Waals surface area (Å²) in [5, 5.41) is 9.60. The Balaban J connectivity index is 2.06. The highest BCUT2D eigenvalue weighted by Gasteiger charge is 2.41. The Kier molecular flexibility index (Phi) is 2.58. The Morgan fingerprint density at radius 2 is 1.92 bits per heavy atom. The van der Waals surface area contributed by atoms with Crippen molar-refractivity contribution in [1.29, 1.82) is 0 Å². The molecule has 2 aliphatic rings. The van der Waals surface area contributed by atoms with Crippen molar-refractivity contribution in [2.45, 2.75) is 56.8 Å². The van der Waals surface area contributed by atoms with Gasteiger partial charge in [-0.25, -0.2) is 0 Å². The largest absolute Gasteiger partial charge is 0.393 e. The predicted molar refractivity (Wildman–Crippen MR) is 52.4 cm³/mol. The van der Waals surface area contributed by atoms with E-state index in [9.17, 15) is 5.11 Å². The van der Waals surface area contributed by atoms with Gasteiger partial charge in [-0.1, -0.05) is 0 Å². The third kappa shape index (κ3) is 1.60. The zero-order valence-corrected chi connectivity index (χ0v) is 8.32. The summed E-state index contributed by atoms with van der Waals surface area (Å²) in [7, 11) is 0. The van der Waals surface area contributed by atoms with E-state index in [4.69, 9.17) is 5.73 Å². The van der Waals surface area contributed by atoms with Gasteiger partial charge >= 0.3 is 0 Å². The van der Waals surface area contributed by atoms with Crippen LogP contribution in [0.5, 0.6) is 0 Å². The molecule has 0 aliphatic carbocycles. The monoisotopic (exact) mass is 184 g/mol. The highest BCUT2D eigenvalue weighted by molar-refractivity contribution is 4.97. The number of piperidine rings is 1. The second-order valence-electron chi connectivity index (χ2n) is 4.54. The third-order valence-corrected chi connectivity index (χ3v) is 3.61. The van der Waals surface area contributed by atoms with Crippen molar-refractivity contribution in [3.05, 3.63) is 0 Å². The second kappa shape index (κ2) is 3.56. The van der Waals surface area contributed by atoms with Gasteiger partial charge in [0.2, 0.25) is 0 Å². The fraction of sp³-hybridized carbons (Fsp3) is 1.00. The zero-order chi connectivity index (χ0) is 9.42. The molecule has 3 atom stereocenters. The van der Waals surface area contributed by atoms with Crippen LogP contribution in [0.2, 0.25) is 0 Å². The van der Waals surface area contributed by atoms with Crippen LogP contribution in [-0.4, -0.2) is 40.8 Å². The summed E-state index contributed by atoms with van der Waals surface area (Å²) >= 11 is 0. The molecule has 3 N–H and O–H groups in total. The lowest BCUT2D eigenvalue weighted by atomic mass is 9.98. The molecule has 0 amide bonds. The highest BCUT2D eigenvalue weighted by atomic mass is 16.3. The fourth-order valence-electron chi connectivity index (χ4n) is 3.03. The van der Waals surface area contributed by atoms with E-state index in [1.807, 2.05) is 0 Å². The lowest BCUT2D eigenvalue weighted by Gasteiger charge is -2.40. The third-order valence-electron chi connectivity index (χ3n) is 3.61. The van der Waals surface area contributed by atoms with Gasteiger partial charge in [0.1, 0.15) is 0 Å². The average Bonchev–Trinajstić information content (AvgIpc) is 2.37. The molecule has 3 nitrogen and oxygen atoms in total. The molecule has 0 aromatic heterocycles. The second-order valence-corrected chi connectivity index (χ2v) is 4.54. The summed E-state index contributed by atoms with van der Waals surface area (Å²) < 4.78 is 0. The maximum absolute atomic E-state index is 9.60. The quantitative estimate of drug-likeness (QED) is 0.650. The molecule has 76 valence electrons. The molecule has 2 aliphatic heterocycles. The van der Waals surface area contributed by atoms with Crippen molar-refractivity contribution in [3.8, 4) is 0 Å². The molecule has 0 saturated carbocycles. The van der Waals surface area contributed by atoms with E-state index in [0.717, 1.165) is 19.4 Å².